The van der Waals surface area contributed by atoms with E-state index in [0.29, 0.717) is 47.8 Å². The first kappa shape index (κ1) is 71.5. The van der Waals surface area contributed by atoms with Crippen molar-refractivity contribution in [3.63, 3.8) is 0 Å². The van der Waals surface area contributed by atoms with Gasteiger partial charge in [0, 0.05) is 142 Å². The summed E-state index contributed by atoms with van der Waals surface area (Å²) in [7, 11) is 10.5. The molecule has 0 spiro atoms. The van der Waals surface area contributed by atoms with Gasteiger partial charge in [-0.1, -0.05) is 222 Å². The van der Waals surface area contributed by atoms with Crippen molar-refractivity contribution in [2.75, 3.05) is 49.9 Å². The van der Waals surface area contributed by atoms with E-state index in [0.717, 1.165) is 6.42 Å². The zero-order valence-corrected chi connectivity index (χ0v) is 61.6. The second-order valence-corrected chi connectivity index (χ2v) is 27.5. The Hall–Kier alpha value is -10.8. The van der Waals surface area contributed by atoms with Gasteiger partial charge in [-0.3, -0.25) is 0 Å². The number of para-hydroxylation sites is 3. The van der Waals surface area contributed by atoms with E-state index >= 15 is 0 Å². The van der Waals surface area contributed by atoms with Crippen LogP contribution in [-0.2, 0) is 0 Å². The summed E-state index contributed by atoms with van der Waals surface area (Å²) < 4.78 is 2.22. The summed E-state index contributed by atoms with van der Waals surface area (Å²) in [5, 5.41) is 5.26. The molecule has 0 bridgehead atoms. The van der Waals surface area contributed by atoms with Crippen LogP contribution >= 0.6 is 0 Å². The Balaban J connectivity index is 0.000000118. The van der Waals surface area contributed by atoms with Gasteiger partial charge in [0.1, 0.15) is 13.3 Å². The van der Waals surface area contributed by atoms with Crippen LogP contribution in [0.5, 0.6) is 0 Å². The summed E-state index contributed by atoms with van der Waals surface area (Å²) >= 11 is 0. The molecule has 0 fully saturated rings. The van der Waals surface area contributed by atoms with Crippen LogP contribution in [0, 0.1) is 5.92 Å². The van der Waals surface area contributed by atoms with E-state index in [1.54, 1.807) is 0 Å². The standard InChI is InChI=1S/2C15H15N.2C14H13N.C11H13N.C10H11N.C7H11N.C7H12N/c1-11-12-7-3-5-9-14(12)16(2)15-10-6-4-8-13(11)15;1-11-7-8-16(2)15-10-13-6-4-3-5-12(13)9-14(11)15;1-11-14-8-3-2-6-12(14)10-13-7-4-5-9-15(11)13;1-11-5-4-8-14-9-12-6-2-3-7-13(12)10-15(11)14;1-9-7-8-12(2)11-6-4-3-5-10(9)11;1-9-5-4-7-10-6-2-3-8-11(9)10;1-7-3-5-8(2)6-4-7;1-7-5-3-4-6-8(7)2/h2*3-11H,1-2H3;2*2-11H,1H3;3-9H,1-2H3;2-9H,1H3;3-7H,1-2H3;3,5-7H,4H2,1-2H3/q;;;;;;;+1. The molecule has 7 aromatic rings. The van der Waals surface area contributed by atoms with Gasteiger partial charge in [-0.15, -0.1) is 0 Å². The second kappa shape index (κ2) is 33.8. The van der Waals surface area contributed by atoms with Crippen LogP contribution in [0.25, 0.3) is 29.1 Å². The van der Waals surface area contributed by atoms with Crippen LogP contribution in [0.1, 0.15) is 119 Å². The molecule has 6 unspecified atom stereocenters. The molecule has 8 heteroatoms. The van der Waals surface area contributed by atoms with E-state index in [4.69, 9.17) is 0 Å². The Labute approximate surface area is 603 Å². The number of hydrogen-bond acceptors (Lipinski definition) is 7. The average Bonchev–Trinajstić information content (AvgIpc) is 0.774. The number of nitrogens with zero attached hydrogens (tertiary/aromatic N) is 8. The molecule has 0 N–H and O–H groups in total. The topological polar surface area (TPSA) is 25.7 Å². The smallest absolute Gasteiger partial charge is 0.167 e. The van der Waals surface area contributed by atoms with Gasteiger partial charge in [-0.05, 0) is 179 Å². The lowest BCUT2D eigenvalue weighted by Gasteiger charge is -2.35. The van der Waals surface area contributed by atoms with Gasteiger partial charge in [0.05, 0.1) is 6.04 Å². The normalized spacial score (nSPS) is 21.0. The average molecular weight is 1330 g/mol. The molecule has 0 aliphatic carbocycles. The zero-order chi connectivity index (χ0) is 70.9. The highest BCUT2D eigenvalue weighted by atomic mass is 15.2. The Kier molecular flexibility index (Phi) is 23.9. The van der Waals surface area contributed by atoms with Crippen molar-refractivity contribution in [2.45, 2.75) is 104 Å². The number of fused-ring (bicyclic) bond motifs is 10. The molecular formula is C93H103N8+. The molecule has 0 amide bonds. The minimum Gasteiger partial charge on any atom is -0.358 e. The van der Waals surface area contributed by atoms with Gasteiger partial charge in [0.15, 0.2) is 6.04 Å². The molecule has 6 atom stereocenters. The lowest BCUT2D eigenvalue weighted by Crippen LogP contribution is -2.38. The first-order chi connectivity index (χ1) is 49.0. The molecule has 0 radical (unpaired) electrons. The van der Waals surface area contributed by atoms with Crippen molar-refractivity contribution in [3.8, 4) is 0 Å². The van der Waals surface area contributed by atoms with E-state index in [-0.39, 0.29) is 0 Å². The molecule has 0 saturated heterocycles. The molecule has 0 saturated carbocycles. The number of rotatable bonds is 0. The van der Waals surface area contributed by atoms with Gasteiger partial charge in [-0.25, -0.2) is 4.58 Å². The fourth-order valence-electron chi connectivity index (χ4n) is 13.8. The highest BCUT2D eigenvalue weighted by Crippen LogP contribution is 2.44. The monoisotopic (exact) mass is 1330 g/mol. The number of anilines is 4. The first-order valence-corrected chi connectivity index (χ1v) is 36.1. The lowest BCUT2D eigenvalue weighted by molar-refractivity contribution is -0.519. The summed E-state index contributed by atoms with van der Waals surface area (Å²) in [6, 6.07) is 58.1. The van der Waals surface area contributed by atoms with Gasteiger partial charge >= 0.3 is 0 Å². The fourth-order valence-corrected chi connectivity index (χ4v) is 13.8. The summed E-state index contributed by atoms with van der Waals surface area (Å²) in [4.78, 5) is 15.5. The van der Waals surface area contributed by atoms with Crippen LogP contribution in [-0.4, -0.2) is 83.8 Å². The minimum atomic E-state index is 0.433. The first-order valence-electron chi connectivity index (χ1n) is 36.1. The SMILES string of the molecule is CC1C=CC=C2C=CC=CN21.CC1C=CC=C2C=c3ccccc3=CN21.CC1C=CCC=[N+]1C.CC1C=CN(C)C=C1.CC1C=CN(C)c2cc3ccccc3cc21.CC1C=CN(C)c2ccccc21.CC1c2ccccc2C=C2C=CC=CN21.CC1c2ccccc2N(C)c2ccccc21. The maximum Gasteiger partial charge on any atom is 0.167 e. The highest BCUT2D eigenvalue weighted by Gasteiger charge is 2.26. The molecular weight excluding hydrogens is 1230 g/mol. The highest BCUT2D eigenvalue weighted by molar-refractivity contribution is 5.88. The fraction of sp³-hybridized carbons (Fsp3) is 0.237. The molecule has 11 heterocycles. The van der Waals surface area contributed by atoms with Crippen molar-refractivity contribution >= 4 is 58.1 Å². The quantitative estimate of drug-likeness (QED) is 0.110. The van der Waals surface area contributed by atoms with Gasteiger partial charge < -0.3 is 34.3 Å². The predicted molar refractivity (Wildman–Crippen MR) is 434 cm³/mol. The van der Waals surface area contributed by atoms with Gasteiger partial charge in [0.2, 0.25) is 0 Å². The molecule has 18 rings (SSSR count). The van der Waals surface area contributed by atoms with E-state index < -0.39 is 0 Å². The van der Waals surface area contributed by atoms with E-state index in [1.807, 2.05) is 11.9 Å². The van der Waals surface area contributed by atoms with E-state index in [2.05, 4.69) is 446 Å². The lowest BCUT2D eigenvalue weighted by atomic mass is 9.86. The van der Waals surface area contributed by atoms with Crippen molar-refractivity contribution in [3.05, 3.63) is 365 Å². The second-order valence-electron chi connectivity index (χ2n) is 27.5. The van der Waals surface area contributed by atoms with Crippen molar-refractivity contribution in [1.29, 1.82) is 0 Å². The number of benzene rings is 7. The van der Waals surface area contributed by atoms with E-state index in [1.165, 1.54) is 94.4 Å². The third kappa shape index (κ3) is 17.6. The molecule has 514 valence electrons. The largest absolute Gasteiger partial charge is 0.358 e. The Morgan fingerprint density at radius 3 is 1.53 bits per heavy atom. The molecule has 0 aromatic heterocycles. The van der Waals surface area contributed by atoms with Crippen LogP contribution in [0.2, 0.25) is 0 Å². The summed E-state index contributed by atoms with van der Waals surface area (Å²) in [5.74, 6) is 2.17. The molecule has 8 nitrogen and oxygen atoms in total. The van der Waals surface area contributed by atoms with Crippen LogP contribution in [0.3, 0.4) is 0 Å². The minimum absolute atomic E-state index is 0.433. The summed E-state index contributed by atoms with van der Waals surface area (Å²) in [5.41, 5.74) is 17.6. The Bertz CT molecular complexity index is 4480. The molecule has 101 heavy (non-hydrogen) atoms. The van der Waals surface area contributed by atoms with Crippen molar-refractivity contribution < 1.29 is 4.58 Å². The third-order valence-electron chi connectivity index (χ3n) is 20.2. The Morgan fingerprint density at radius 1 is 0.396 bits per heavy atom. The maximum absolute atomic E-state index is 2.31. The summed E-state index contributed by atoms with van der Waals surface area (Å²) in [6.45, 7) is 17.8. The Morgan fingerprint density at radius 2 is 0.921 bits per heavy atom. The van der Waals surface area contributed by atoms with Crippen LogP contribution in [0.4, 0.5) is 22.7 Å². The van der Waals surface area contributed by atoms with Gasteiger partial charge in [-0.2, -0.15) is 0 Å². The molecule has 7 aromatic carbocycles. The van der Waals surface area contributed by atoms with Crippen LogP contribution in [0.15, 0.2) is 321 Å². The number of allylic oxidation sites excluding steroid dienone is 16. The van der Waals surface area contributed by atoms with E-state index in [9.17, 15) is 0 Å². The van der Waals surface area contributed by atoms with Crippen molar-refractivity contribution in [2.24, 2.45) is 5.92 Å². The van der Waals surface area contributed by atoms with Crippen LogP contribution < -0.4 is 25.1 Å². The maximum atomic E-state index is 2.31. The molecule has 11 aliphatic rings. The number of hydrogen-bond donors (Lipinski definition) is 0. The predicted octanol–water partition coefficient (Wildman–Crippen LogP) is 20.3. The van der Waals surface area contributed by atoms with Gasteiger partial charge in [0.25, 0.3) is 0 Å². The van der Waals surface area contributed by atoms with Crippen molar-refractivity contribution in [1.82, 2.24) is 19.6 Å². The molecule has 11 aliphatic heterocycles. The zero-order valence-electron chi connectivity index (χ0n) is 61.6. The third-order valence-corrected chi connectivity index (χ3v) is 20.2. The summed E-state index contributed by atoms with van der Waals surface area (Å²) in [6.07, 6.45) is 61.4. The number of likely N-dealkylation sites (N-methyl/N-ethyl adjacent to an activating group) is 1.